The number of ether oxygens (including phenoxy) is 1. The van der Waals surface area contributed by atoms with E-state index in [9.17, 15) is 17.2 Å². The molecule has 0 unspecified atom stereocenters. The number of rotatable bonds is 6. The van der Waals surface area contributed by atoms with Crippen LogP contribution in [0.3, 0.4) is 0 Å². The molecule has 108 valence electrons. The van der Waals surface area contributed by atoms with Gasteiger partial charge in [0.05, 0.1) is 6.61 Å². The fraction of sp³-hybridized carbons (Fsp3) is 0.455. The van der Waals surface area contributed by atoms with Crippen LogP contribution in [0.25, 0.3) is 0 Å². The molecular weight excluding hydrogens is 344 g/mol. The summed E-state index contributed by atoms with van der Waals surface area (Å²) in [6.45, 7) is 2.07. The van der Waals surface area contributed by atoms with E-state index in [0.717, 1.165) is 10.4 Å². The highest BCUT2D eigenvalue weighted by atomic mass is 79.9. The zero-order chi connectivity index (χ0) is 14.6. The van der Waals surface area contributed by atoms with Crippen molar-refractivity contribution in [3.05, 3.63) is 28.2 Å². The summed E-state index contributed by atoms with van der Waals surface area (Å²) < 4.78 is 57.0. The Morgan fingerprint density at radius 2 is 2.00 bits per heavy atom. The summed E-state index contributed by atoms with van der Waals surface area (Å²) in [4.78, 5) is -0.563. The topological polar surface area (TPSA) is 46.6 Å². The Kier molecular flexibility index (Phi) is 5.84. The lowest BCUT2D eigenvalue weighted by molar-refractivity contribution is 0.180. The zero-order valence-electron chi connectivity index (χ0n) is 10.5. The maximum atomic E-state index is 13.7. The van der Waals surface area contributed by atoms with Gasteiger partial charge in [-0.25, -0.2) is 17.2 Å². The van der Waals surface area contributed by atoms with Gasteiger partial charge in [0.1, 0.15) is 16.5 Å². The van der Waals surface area contributed by atoms with Gasteiger partial charge in [-0.05, 0) is 22.0 Å². The van der Waals surface area contributed by atoms with Crippen molar-refractivity contribution in [2.45, 2.75) is 11.8 Å². The molecule has 0 atom stereocenters. The van der Waals surface area contributed by atoms with Crippen molar-refractivity contribution >= 4 is 26.0 Å². The second-order valence-electron chi connectivity index (χ2n) is 3.69. The van der Waals surface area contributed by atoms with Crippen LogP contribution in [0.5, 0.6) is 0 Å². The van der Waals surface area contributed by atoms with Crippen LogP contribution in [0.1, 0.15) is 6.92 Å². The zero-order valence-corrected chi connectivity index (χ0v) is 12.9. The Labute approximate surface area is 119 Å². The molecule has 0 radical (unpaired) electrons. The van der Waals surface area contributed by atoms with Gasteiger partial charge in [0.15, 0.2) is 0 Å². The first-order valence-electron chi connectivity index (χ1n) is 5.48. The highest BCUT2D eigenvalue weighted by Crippen LogP contribution is 2.28. The Hall–Kier alpha value is -0.570. The molecule has 1 rings (SSSR count). The van der Waals surface area contributed by atoms with Gasteiger partial charge in [-0.1, -0.05) is 6.92 Å². The van der Waals surface area contributed by atoms with Crippen LogP contribution >= 0.6 is 15.9 Å². The molecule has 0 heterocycles. The van der Waals surface area contributed by atoms with E-state index < -0.39 is 26.6 Å². The summed E-state index contributed by atoms with van der Waals surface area (Å²) >= 11 is 2.88. The predicted octanol–water partition coefficient (Wildman–Crippen LogP) is 2.38. The second kappa shape index (κ2) is 6.74. The van der Waals surface area contributed by atoms with Crippen molar-refractivity contribution in [2.75, 3.05) is 26.8 Å². The van der Waals surface area contributed by atoms with Crippen LogP contribution in [-0.2, 0) is 14.8 Å². The number of methoxy groups -OCH3 is 1. The lowest BCUT2D eigenvalue weighted by Crippen LogP contribution is -2.34. The van der Waals surface area contributed by atoms with E-state index in [1.165, 1.54) is 7.11 Å². The Morgan fingerprint density at radius 1 is 1.37 bits per heavy atom. The third-order valence-corrected chi connectivity index (χ3v) is 5.40. The molecule has 4 nitrogen and oxygen atoms in total. The largest absolute Gasteiger partial charge is 0.383 e. The summed E-state index contributed by atoms with van der Waals surface area (Å²) in [6.07, 6.45) is 0. The average Bonchev–Trinajstić information content (AvgIpc) is 2.27. The van der Waals surface area contributed by atoms with E-state index in [-0.39, 0.29) is 24.2 Å². The summed E-state index contributed by atoms with van der Waals surface area (Å²) in [6, 6.07) is 1.46. The highest BCUT2D eigenvalue weighted by Gasteiger charge is 2.29. The maximum absolute atomic E-state index is 13.7. The first-order chi connectivity index (χ1) is 8.84. The van der Waals surface area contributed by atoms with E-state index in [1.54, 1.807) is 6.92 Å². The lowest BCUT2D eigenvalue weighted by Gasteiger charge is -2.21. The fourth-order valence-corrected chi connectivity index (χ4v) is 4.09. The molecule has 0 bridgehead atoms. The van der Waals surface area contributed by atoms with Gasteiger partial charge in [0.2, 0.25) is 10.0 Å². The van der Waals surface area contributed by atoms with E-state index in [2.05, 4.69) is 15.9 Å². The molecule has 0 saturated carbocycles. The van der Waals surface area contributed by atoms with Crippen molar-refractivity contribution in [2.24, 2.45) is 0 Å². The minimum atomic E-state index is -4.04. The lowest BCUT2D eigenvalue weighted by atomic mass is 10.3. The Morgan fingerprint density at radius 3 is 2.47 bits per heavy atom. The molecule has 1 aromatic rings. The molecular formula is C11H14BrF2NO3S. The van der Waals surface area contributed by atoms with Gasteiger partial charge in [0.25, 0.3) is 0 Å². The number of sulfonamides is 1. The summed E-state index contributed by atoms with van der Waals surface area (Å²) in [5, 5.41) is 0. The molecule has 0 aliphatic carbocycles. The summed E-state index contributed by atoms with van der Waals surface area (Å²) in [5.41, 5.74) is 0. The number of nitrogens with zero attached hydrogens (tertiary/aromatic N) is 1. The number of hydrogen-bond acceptors (Lipinski definition) is 3. The Balaban J connectivity index is 3.26. The summed E-state index contributed by atoms with van der Waals surface area (Å²) in [7, 11) is -2.60. The van der Waals surface area contributed by atoms with Crippen LogP contribution in [-0.4, -0.2) is 39.5 Å². The number of hydrogen-bond donors (Lipinski definition) is 0. The molecule has 0 fully saturated rings. The molecule has 0 aliphatic heterocycles. The smallest absolute Gasteiger partial charge is 0.247 e. The van der Waals surface area contributed by atoms with Crippen molar-refractivity contribution < 1.29 is 21.9 Å². The molecule has 0 aromatic heterocycles. The van der Waals surface area contributed by atoms with E-state index in [1.807, 2.05) is 0 Å². The molecule has 0 spiro atoms. The first-order valence-corrected chi connectivity index (χ1v) is 7.71. The van der Waals surface area contributed by atoms with E-state index in [0.29, 0.717) is 6.07 Å². The quantitative estimate of drug-likeness (QED) is 0.785. The van der Waals surface area contributed by atoms with Crippen LogP contribution in [0.15, 0.2) is 21.5 Å². The van der Waals surface area contributed by atoms with Gasteiger partial charge < -0.3 is 4.74 Å². The van der Waals surface area contributed by atoms with Crippen LogP contribution in [0, 0.1) is 11.6 Å². The highest BCUT2D eigenvalue weighted by molar-refractivity contribution is 9.10. The maximum Gasteiger partial charge on any atom is 0.247 e. The Bertz CT molecular complexity index is 528. The standard InChI is InChI=1S/C11H14BrF2NO3S/c1-3-15(4-5-18-2)19(16,17)11-9(12)6-8(13)7-10(11)14/h6-7H,3-5H2,1-2H3. The van der Waals surface area contributed by atoms with Crippen LogP contribution < -0.4 is 0 Å². The predicted molar refractivity (Wildman–Crippen MR) is 70.4 cm³/mol. The van der Waals surface area contributed by atoms with Gasteiger partial charge in [-0.3, -0.25) is 0 Å². The molecule has 0 N–H and O–H groups in total. The van der Waals surface area contributed by atoms with Crippen LogP contribution in [0.2, 0.25) is 0 Å². The monoisotopic (exact) mass is 357 g/mol. The minimum Gasteiger partial charge on any atom is -0.383 e. The second-order valence-corrected chi connectivity index (χ2v) is 6.42. The molecule has 8 heteroatoms. The van der Waals surface area contributed by atoms with Gasteiger partial charge in [0, 0.05) is 30.7 Å². The molecule has 0 saturated heterocycles. The first kappa shape index (κ1) is 16.5. The van der Waals surface area contributed by atoms with Gasteiger partial charge >= 0.3 is 0 Å². The SMILES string of the molecule is CCN(CCOC)S(=O)(=O)c1c(F)cc(F)cc1Br. The number of likely N-dealkylation sites (N-methyl/N-ethyl adjacent to an activating group) is 1. The normalized spacial score (nSPS) is 12.1. The molecule has 1 aromatic carbocycles. The van der Waals surface area contributed by atoms with E-state index in [4.69, 9.17) is 4.74 Å². The summed E-state index contributed by atoms with van der Waals surface area (Å²) in [5.74, 6) is -1.97. The van der Waals surface area contributed by atoms with Crippen LogP contribution in [0.4, 0.5) is 8.78 Å². The van der Waals surface area contributed by atoms with Gasteiger partial charge in [-0.15, -0.1) is 0 Å². The molecule has 0 amide bonds. The van der Waals surface area contributed by atoms with Crippen molar-refractivity contribution in [3.63, 3.8) is 0 Å². The number of benzene rings is 1. The molecule has 19 heavy (non-hydrogen) atoms. The third-order valence-electron chi connectivity index (χ3n) is 2.46. The van der Waals surface area contributed by atoms with Crippen molar-refractivity contribution in [1.82, 2.24) is 4.31 Å². The minimum absolute atomic E-state index is 0.0958. The average molecular weight is 358 g/mol. The van der Waals surface area contributed by atoms with Crippen molar-refractivity contribution in [1.29, 1.82) is 0 Å². The van der Waals surface area contributed by atoms with Gasteiger partial charge in [-0.2, -0.15) is 4.31 Å². The van der Waals surface area contributed by atoms with Crippen molar-refractivity contribution in [3.8, 4) is 0 Å². The molecule has 0 aliphatic rings. The van der Waals surface area contributed by atoms with E-state index >= 15 is 0 Å². The number of halogens is 3. The fourth-order valence-electron chi connectivity index (χ4n) is 1.55. The third kappa shape index (κ3) is 3.71.